The molecule has 4 nitrogen and oxygen atoms in total. The lowest BCUT2D eigenvalue weighted by Crippen LogP contribution is -2.39. The lowest BCUT2D eigenvalue weighted by Gasteiger charge is -2.37. The third-order valence-electron chi connectivity index (χ3n) is 5.13. The minimum atomic E-state index is -0.193. The second-order valence-electron chi connectivity index (χ2n) is 6.80. The van der Waals surface area contributed by atoms with Crippen molar-refractivity contribution in [1.82, 2.24) is 5.32 Å². The molecule has 142 valence electrons. The number of rotatable bonds is 7. The summed E-state index contributed by atoms with van der Waals surface area (Å²) in [5, 5.41) is 23.3. The molecule has 0 aromatic heterocycles. The summed E-state index contributed by atoms with van der Waals surface area (Å²) >= 11 is 0. The molecule has 0 radical (unpaired) electrons. The summed E-state index contributed by atoms with van der Waals surface area (Å²) in [6.07, 6.45) is 6.57. The summed E-state index contributed by atoms with van der Waals surface area (Å²) in [6.45, 7) is 8.65. The van der Waals surface area contributed by atoms with Crippen molar-refractivity contribution in [2.45, 2.75) is 18.5 Å². The maximum atomic E-state index is 9.06. The molecule has 3 rings (SSSR count). The van der Waals surface area contributed by atoms with Gasteiger partial charge in [-0.1, -0.05) is 61.7 Å². The van der Waals surface area contributed by atoms with Crippen molar-refractivity contribution in [3.05, 3.63) is 95.6 Å². The molecule has 0 spiro atoms. The third-order valence-corrected chi connectivity index (χ3v) is 5.13. The van der Waals surface area contributed by atoms with E-state index < -0.39 is 0 Å². The van der Waals surface area contributed by atoms with Gasteiger partial charge in [0.05, 0.1) is 17.7 Å². The van der Waals surface area contributed by atoms with Gasteiger partial charge < -0.3 is 21.5 Å². The molecule has 0 saturated heterocycles. The summed E-state index contributed by atoms with van der Waals surface area (Å²) in [5.74, 6) is -0.193. The minimum absolute atomic E-state index is 0.172. The molecular weight excluding hydrogens is 344 g/mol. The number of benzene rings is 2. The van der Waals surface area contributed by atoms with Crippen LogP contribution in [0.25, 0.3) is 6.08 Å². The number of hydrogen-bond donors (Lipinski definition) is 4. The van der Waals surface area contributed by atoms with Crippen molar-refractivity contribution in [2.75, 3.05) is 12.4 Å². The largest absolute Gasteiger partial charge is 0.377 e. The Hall–Kier alpha value is -3.24. The van der Waals surface area contributed by atoms with E-state index in [0.717, 1.165) is 34.5 Å². The fraction of sp³-hybridized carbons (Fsp3) is 0.167. The van der Waals surface area contributed by atoms with E-state index in [-0.39, 0.29) is 12.0 Å². The predicted molar refractivity (Wildman–Crippen MR) is 120 cm³/mol. The molecule has 4 heteroatoms. The minimum Gasteiger partial charge on any atom is -0.377 e. The lowest BCUT2D eigenvalue weighted by molar-refractivity contribution is 0.755. The number of anilines is 1. The van der Waals surface area contributed by atoms with Crippen LogP contribution in [-0.2, 0) is 6.54 Å². The molecule has 0 saturated carbocycles. The van der Waals surface area contributed by atoms with Crippen LogP contribution in [0.1, 0.15) is 28.2 Å². The first-order chi connectivity index (χ1) is 13.6. The van der Waals surface area contributed by atoms with Crippen LogP contribution in [-0.4, -0.2) is 25.0 Å². The Labute approximate surface area is 166 Å². The molecule has 2 atom stereocenters. The standard InChI is InChI=1S/C24H26N4/c1-4-17-7-6-8-20-21(17)23(26)22(24(28-20)18(5-2)13-14-25)19-11-9-16(10-12-19)15-27-3/h4-14,22,24-28H,1-2,15H2,3H3/b18-13+,25-14?,26-23?. The Kier molecular flexibility index (Phi) is 6.02. The van der Waals surface area contributed by atoms with Gasteiger partial charge in [0.15, 0.2) is 0 Å². The molecule has 0 fully saturated rings. The van der Waals surface area contributed by atoms with Gasteiger partial charge >= 0.3 is 0 Å². The molecule has 2 aromatic rings. The monoisotopic (exact) mass is 370 g/mol. The van der Waals surface area contributed by atoms with Gasteiger partial charge in [0.1, 0.15) is 0 Å². The van der Waals surface area contributed by atoms with Gasteiger partial charge in [-0.15, -0.1) is 0 Å². The van der Waals surface area contributed by atoms with Gasteiger partial charge in [0.25, 0.3) is 0 Å². The second kappa shape index (κ2) is 8.63. The van der Waals surface area contributed by atoms with E-state index in [1.54, 1.807) is 18.2 Å². The summed E-state index contributed by atoms with van der Waals surface area (Å²) in [4.78, 5) is 0. The van der Waals surface area contributed by atoms with Crippen molar-refractivity contribution < 1.29 is 0 Å². The quantitative estimate of drug-likeness (QED) is 0.419. The summed E-state index contributed by atoms with van der Waals surface area (Å²) < 4.78 is 0. The van der Waals surface area contributed by atoms with E-state index in [4.69, 9.17) is 10.8 Å². The Morgan fingerprint density at radius 3 is 2.54 bits per heavy atom. The molecule has 1 aliphatic rings. The number of allylic oxidation sites excluding steroid dienone is 1. The van der Waals surface area contributed by atoms with Crippen LogP contribution < -0.4 is 10.6 Å². The maximum absolute atomic E-state index is 9.06. The van der Waals surface area contributed by atoms with Crippen molar-refractivity contribution in [2.24, 2.45) is 0 Å². The molecular formula is C24H26N4. The van der Waals surface area contributed by atoms with Crippen LogP contribution in [0.15, 0.2) is 73.3 Å². The molecule has 0 amide bonds. The normalized spacial score (nSPS) is 18.8. The zero-order valence-corrected chi connectivity index (χ0v) is 16.1. The van der Waals surface area contributed by atoms with Crippen LogP contribution in [0.3, 0.4) is 0 Å². The van der Waals surface area contributed by atoms with E-state index in [1.165, 1.54) is 11.8 Å². The SMILES string of the molecule is C=C/C(=C\C=N)C1Nc2cccc(C=C)c2C(=N)C1c1ccc(CNC)cc1. The van der Waals surface area contributed by atoms with E-state index in [2.05, 4.69) is 48.1 Å². The number of nitrogens with one attached hydrogen (secondary N) is 4. The Morgan fingerprint density at radius 2 is 1.93 bits per heavy atom. The molecule has 1 aliphatic heterocycles. The second-order valence-corrected chi connectivity index (χ2v) is 6.80. The van der Waals surface area contributed by atoms with Gasteiger partial charge in [-0.2, -0.15) is 0 Å². The molecule has 0 bridgehead atoms. The van der Waals surface area contributed by atoms with Crippen molar-refractivity contribution in [1.29, 1.82) is 10.8 Å². The Bertz CT molecular complexity index is 938. The molecule has 4 N–H and O–H groups in total. The lowest BCUT2D eigenvalue weighted by atomic mass is 9.76. The summed E-state index contributed by atoms with van der Waals surface area (Å²) in [5.41, 5.74) is 6.44. The highest BCUT2D eigenvalue weighted by Gasteiger charge is 2.36. The summed E-state index contributed by atoms with van der Waals surface area (Å²) in [7, 11) is 1.93. The fourth-order valence-corrected chi connectivity index (χ4v) is 3.81. The van der Waals surface area contributed by atoms with Crippen molar-refractivity contribution in [3.63, 3.8) is 0 Å². The molecule has 1 heterocycles. The Balaban J connectivity index is 2.15. The van der Waals surface area contributed by atoms with Crippen LogP contribution in [0.2, 0.25) is 0 Å². The van der Waals surface area contributed by atoms with Crippen LogP contribution in [0, 0.1) is 10.8 Å². The zero-order chi connectivity index (χ0) is 20.1. The molecule has 2 aromatic carbocycles. The first-order valence-corrected chi connectivity index (χ1v) is 9.32. The van der Waals surface area contributed by atoms with Gasteiger partial charge in [0.2, 0.25) is 0 Å². The van der Waals surface area contributed by atoms with Crippen LogP contribution >= 0.6 is 0 Å². The highest BCUT2D eigenvalue weighted by Crippen LogP contribution is 2.39. The van der Waals surface area contributed by atoms with E-state index in [0.29, 0.717) is 5.71 Å². The molecule has 28 heavy (non-hydrogen) atoms. The topological polar surface area (TPSA) is 71.8 Å². The predicted octanol–water partition coefficient (Wildman–Crippen LogP) is 4.76. The fourth-order valence-electron chi connectivity index (χ4n) is 3.81. The van der Waals surface area contributed by atoms with Gasteiger partial charge in [-0.05, 0) is 41.5 Å². The number of fused-ring (bicyclic) bond motifs is 1. The van der Waals surface area contributed by atoms with E-state index in [9.17, 15) is 0 Å². The van der Waals surface area contributed by atoms with E-state index >= 15 is 0 Å². The number of hydrogen-bond acceptors (Lipinski definition) is 4. The van der Waals surface area contributed by atoms with Gasteiger partial charge in [-0.3, -0.25) is 0 Å². The van der Waals surface area contributed by atoms with Crippen LogP contribution in [0.5, 0.6) is 0 Å². The molecule has 0 aliphatic carbocycles. The zero-order valence-electron chi connectivity index (χ0n) is 16.1. The Morgan fingerprint density at radius 1 is 1.18 bits per heavy atom. The van der Waals surface area contributed by atoms with Gasteiger partial charge in [-0.25, -0.2) is 0 Å². The highest BCUT2D eigenvalue weighted by molar-refractivity contribution is 6.12. The first kappa shape index (κ1) is 19.5. The van der Waals surface area contributed by atoms with Crippen LogP contribution in [0.4, 0.5) is 5.69 Å². The van der Waals surface area contributed by atoms with Gasteiger partial charge in [0, 0.05) is 24.0 Å². The first-order valence-electron chi connectivity index (χ1n) is 9.32. The smallest absolute Gasteiger partial charge is 0.0638 e. The summed E-state index contributed by atoms with van der Waals surface area (Å²) in [6, 6.07) is 14.1. The van der Waals surface area contributed by atoms with E-state index in [1.807, 2.05) is 25.2 Å². The average Bonchev–Trinajstić information content (AvgIpc) is 2.72. The maximum Gasteiger partial charge on any atom is 0.0638 e. The van der Waals surface area contributed by atoms with Crippen molar-refractivity contribution in [3.8, 4) is 0 Å². The third kappa shape index (κ3) is 3.59. The molecule has 2 unspecified atom stereocenters. The average molecular weight is 371 g/mol. The van der Waals surface area contributed by atoms with Crippen molar-refractivity contribution >= 4 is 23.7 Å². The highest BCUT2D eigenvalue weighted by atomic mass is 15.0.